The average molecular weight is 416 g/mol. The first kappa shape index (κ1) is 18.4. The van der Waals surface area contributed by atoms with Gasteiger partial charge >= 0.3 is 0 Å². The van der Waals surface area contributed by atoms with Crippen molar-refractivity contribution in [2.75, 3.05) is 23.9 Å². The Morgan fingerprint density at radius 2 is 2.00 bits per heavy atom. The number of amides is 1. The number of nitrogens with one attached hydrogen (secondary N) is 1. The minimum absolute atomic E-state index is 0.0195. The van der Waals surface area contributed by atoms with Crippen LogP contribution < -0.4 is 10.1 Å². The second-order valence-electron chi connectivity index (χ2n) is 5.08. The Hall–Kier alpha value is -1.93. The summed E-state index contributed by atoms with van der Waals surface area (Å²) in [4.78, 5) is 12.2. The third-order valence-electron chi connectivity index (χ3n) is 2.99. The lowest BCUT2D eigenvalue weighted by atomic mass is 10.2. The molecule has 0 atom stereocenters. The maximum absolute atomic E-state index is 13.3. The number of carbonyl (C=O) groups excluding carboxylic acids is 1. The van der Waals surface area contributed by atoms with Crippen molar-refractivity contribution in [3.8, 4) is 5.75 Å². The summed E-state index contributed by atoms with van der Waals surface area (Å²) in [5.41, 5.74) is 0.617. The minimum atomic E-state index is -3.10. The van der Waals surface area contributed by atoms with Gasteiger partial charge < -0.3 is 10.1 Å². The maximum Gasteiger partial charge on any atom is 0.256 e. The molecule has 24 heavy (non-hydrogen) atoms. The van der Waals surface area contributed by atoms with E-state index in [-0.39, 0.29) is 17.9 Å². The summed E-state index contributed by atoms with van der Waals surface area (Å²) in [7, 11) is -3.10. The van der Waals surface area contributed by atoms with Gasteiger partial charge in [-0.3, -0.25) is 4.79 Å². The highest BCUT2D eigenvalue weighted by Crippen LogP contribution is 2.21. The van der Waals surface area contributed by atoms with Gasteiger partial charge in [-0.25, -0.2) is 12.8 Å². The van der Waals surface area contributed by atoms with Crippen molar-refractivity contribution in [3.05, 3.63) is 58.3 Å². The van der Waals surface area contributed by atoms with Gasteiger partial charge in [0, 0.05) is 22.5 Å². The maximum atomic E-state index is 13.3. The van der Waals surface area contributed by atoms with Gasteiger partial charge in [0.25, 0.3) is 5.91 Å². The molecule has 0 radical (unpaired) electrons. The molecular formula is C16H15BrFNO4S. The summed E-state index contributed by atoms with van der Waals surface area (Å²) in [6.45, 7) is 0.0195. The van der Waals surface area contributed by atoms with Crippen LogP contribution in [0.15, 0.2) is 46.9 Å². The Kier molecular flexibility index (Phi) is 5.95. The number of carbonyl (C=O) groups is 1. The molecular weight excluding hydrogens is 401 g/mol. The van der Waals surface area contributed by atoms with Gasteiger partial charge in [0.1, 0.15) is 18.2 Å². The third kappa shape index (κ3) is 5.61. The summed E-state index contributed by atoms with van der Waals surface area (Å²) in [6.07, 6.45) is 1.13. The van der Waals surface area contributed by atoms with E-state index in [1.165, 1.54) is 12.1 Å². The van der Waals surface area contributed by atoms with E-state index in [9.17, 15) is 17.6 Å². The fraction of sp³-hybridized carbons (Fsp3) is 0.188. The Balaban J connectivity index is 2.06. The van der Waals surface area contributed by atoms with Crippen LogP contribution in [0.4, 0.5) is 10.1 Å². The first-order chi connectivity index (χ1) is 11.2. The summed E-state index contributed by atoms with van der Waals surface area (Å²) in [5, 5.41) is 2.64. The fourth-order valence-electron chi connectivity index (χ4n) is 1.84. The van der Waals surface area contributed by atoms with Crippen molar-refractivity contribution in [3.63, 3.8) is 0 Å². The van der Waals surface area contributed by atoms with Crippen molar-refractivity contribution >= 4 is 37.4 Å². The minimum Gasteiger partial charge on any atom is -0.492 e. The smallest absolute Gasteiger partial charge is 0.256 e. The lowest BCUT2D eigenvalue weighted by molar-refractivity contribution is 0.102. The predicted molar refractivity (Wildman–Crippen MR) is 93.7 cm³/mol. The molecule has 128 valence electrons. The molecule has 0 aliphatic heterocycles. The van der Waals surface area contributed by atoms with Crippen molar-refractivity contribution in [2.24, 2.45) is 0 Å². The first-order valence-electron chi connectivity index (χ1n) is 6.91. The van der Waals surface area contributed by atoms with E-state index in [2.05, 4.69) is 21.2 Å². The largest absolute Gasteiger partial charge is 0.492 e. The van der Waals surface area contributed by atoms with E-state index in [0.29, 0.717) is 15.9 Å². The monoisotopic (exact) mass is 415 g/mol. The zero-order valence-corrected chi connectivity index (χ0v) is 15.2. The first-order valence-corrected chi connectivity index (χ1v) is 9.77. The van der Waals surface area contributed by atoms with Gasteiger partial charge in [0.2, 0.25) is 0 Å². The molecule has 1 N–H and O–H groups in total. The third-order valence-corrected chi connectivity index (χ3v) is 4.59. The molecule has 2 rings (SSSR count). The van der Waals surface area contributed by atoms with Crippen LogP contribution in [0.25, 0.3) is 0 Å². The average Bonchev–Trinajstić information content (AvgIpc) is 2.49. The van der Waals surface area contributed by atoms with Crippen molar-refractivity contribution in [2.45, 2.75) is 0 Å². The molecule has 2 aromatic carbocycles. The molecule has 8 heteroatoms. The van der Waals surface area contributed by atoms with Crippen molar-refractivity contribution < 1.29 is 22.3 Å². The van der Waals surface area contributed by atoms with Crippen LogP contribution in [0.1, 0.15) is 10.4 Å². The van der Waals surface area contributed by atoms with Crippen LogP contribution in [0, 0.1) is 5.82 Å². The topological polar surface area (TPSA) is 72.5 Å². The van der Waals surface area contributed by atoms with Gasteiger partial charge in [0.15, 0.2) is 9.84 Å². The summed E-state index contributed by atoms with van der Waals surface area (Å²) in [5.74, 6) is -0.662. The fourth-order valence-corrected chi connectivity index (χ4v) is 2.66. The molecule has 0 aromatic heterocycles. The van der Waals surface area contributed by atoms with Crippen molar-refractivity contribution in [1.29, 1.82) is 0 Å². The molecule has 0 saturated heterocycles. The summed E-state index contributed by atoms with van der Waals surface area (Å²) in [6, 6.07) is 10.3. The normalized spacial score (nSPS) is 11.1. The van der Waals surface area contributed by atoms with E-state index in [0.717, 1.165) is 12.3 Å². The number of rotatable bonds is 6. The Bertz CT molecular complexity index is 855. The van der Waals surface area contributed by atoms with E-state index in [1.807, 2.05) is 0 Å². The highest BCUT2D eigenvalue weighted by molar-refractivity contribution is 9.10. The number of hydrogen-bond acceptors (Lipinski definition) is 4. The Morgan fingerprint density at radius 1 is 1.25 bits per heavy atom. The quantitative estimate of drug-likeness (QED) is 0.785. The van der Waals surface area contributed by atoms with Gasteiger partial charge in [0.05, 0.1) is 11.3 Å². The molecule has 0 spiro atoms. The lowest BCUT2D eigenvalue weighted by Gasteiger charge is -2.10. The van der Waals surface area contributed by atoms with Crippen LogP contribution in [-0.4, -0.2) is 32.9 Å². The number of ether oxygens (including phenoxy) is 1. The molecule has 0 saturated carbocycles. The van der Waals surface area contributed by atoms with Gasteiger partial charge in [-0.15, -0.1) is 0 Å². The van der Waals surface area contributed by atoms with Gasteiger partial charge in [-0.2, -0.15) is 0 Å². The van der Waals surface area contributed by atoms with Gasteiger partial charge in [-0.05, 0) is 46.3 Å². The van der Waals surface area contributed by atoms with Crippen LogP contribution in [0.3, 0.4) is 0 Å². The zero-order valence-electron chi connectivity index (χ0n) is 12.8. The molecule has 0 fully saturated rings. The van der Waals surface area contributed by atoms with E-state index in [4.69, 9.17) is 4.74 Å². The number of sulfone groups is 1. The second-order valence-corrected chi connectivity index (χ2v) is 8.20. The van der Waals surface area contributed by atoms with Gasteiger partial charge in [-0.1, -0.05) is 6.07 Å². The number of hydrogen-bond donors (Lipinski definition) is 1. The summed E-state index contributed by atoms with van der Waals surface area (Å²) < 4.78 is 41.3. The Morgan fingerprint density at radius 3 is 2.71 bits per heavy atom. The molecule has 0 aliphatic carbocycles. The van der Waals surface area contributed by atoms with Crippen LogP contribution >= 0.6 is 15.9 Å². The highest BCUT2D eigenvalue weighted by Gasteiger charge is 2.12. The molecule has 0 heterocycles. The molecule has 2 aromatic rings. The van der Waals surface area contributed by atoms with Crippen LogP contribution in [0.2, 0.25) is 0 Å². The number of anilines is 1. The van der Waals surface area contributed by atoms with Crippen molar-refractivity contribution in [1.82, 2.24) is 0 Å². The highest BCUT2D eigenvalue weighted by atomic mass is 79.9. The standard InChI is InChI=1S/C16H15BrFNO4S/c1-24(21,22)8-7-23-13-4-2-3-12(10-13)19-16(20)14-9-11(18)5-6-15(14)17/h2-6,9-10H,7-8H2,1H3,(H,19,20). The molecule has 5 nitrogen and oxygen atoms in total. The molecule has 0 bridgehead atoms. The molecule has 0 unspecified atom stereocenters. The van der Waals surface area contributed by atoms with E-state index in [1.54, 1.807) is 24.3 Å². The van der Waals surface area contributed by atoms with Crippen LogP contribution in [0.5, 0.6) is 5.75 Å². The number of halogens is 2. The number of benzene rings is 2. The SMILES string of the molecule is CS(=O)(=O)CCOc1cccc(NC(=O)c2cc(F)ccc2Br)c1. The second kappa shape index (κ2) is 7.76. The van der Waals surface area contributed by atoms with E-state index < -0.39 is 21.6 Å². The molecule has 1 amide bonds. The summed E-state index contributed by atoms with van der Waals surface area (Å²) >= 11 is 3.20. The predicted octanol–water partition coefficient (Wildman–Crippen LogP) is 3.26. The van der Waals surface area contributed by atoms with E-state index >= 15 is 0 Å². The molecule has 0 aliphatic rings. The zero-order chi connectivity index (χ0) is 17.7. The lowest BCUT2D eigenvalue weighted by Crippen LogP contribution is -2.14. The van der Waals surface area contributed by atoms with Crippen LogP contribution in [-0.2, 0) is 9.84 Å². The Labute approximate surface area is 147 Å².